The van der Waals surface area contributed by atoms with E-state index in [0.717, 1.165) is 5.56 Å². The minimum atomic E-state index is -0.703. The molecule has 2 N–H and O–H groups in total. The maximum atomic E-state index is 12.0. The quantitative estimate of drug-likeness (QED) is 0.346. The van der Waals surface area contributed by atoms with E-state index in [1.54, 1.807) is 30.3 Å². The third-order valence-corrected chi connectivity index (χ3v) is 4.33. The van der Waals surface area contributed by atoms with E-state index in [4.69, 9.17) is 0 Å². The Morgan fingerprint density at radius 2 is 1.81 bits per heavy atom. The van der Waals surface area contributed by atoms with Crippen LogP contribution in [0.3, 0.4) is 0 Å². The molecule has 0 saturated carbocycles. The summed E-state index contributed by atoms with van der Waals surface area (Å²) in [5.74, 6) is -2.03. The van der Waals surface area contributed by atoms with Crippen molar-refractivity contribution in [2.75, 3.05) is 13.7 Å². The normalized spacial score (nSPS) is 11.3. The third kappa shape index (κ3) is 5.41. The maximum absolute atomic E-state index is 12.0. The highest BCUT2D eigenvalue weighted by atomic mass is 16.5. The van der Waals surface area contributed by atoms with E-state index in [2.05, 4.69) is 20.3 Å². The Labute approximate surface area is 177 Å². The molecule has 9 heteroatoms. The number of benzene rings is 2. The number of nitrogens with zero attached hydrogens (tertiary/aromatic N) is 3. The lowest BCUT2D eigenvalue weighted by atomic mass is 10.2. The van der Waals surface area contributed by atoms with Gasteiger partial charge < -0.3 is 15.2 Å². The number of hydrogen-bond donors (Lipinski definition) is 2. The van der Waals surface area contributed by atoms with Crippen LogP contribution in [0.5, 0.6) is 5.88 Å². The zero-order valence-corrected chi connectivity index (χ0v) is 16.7. The SMILES string of the molecule is COC(=O)Cn1c(O)c(N=NC(=O)CNC(=O)/C=C/c2ccccc2)c2ccccc21. The number of para-hydroxylation sites is 1. The van der Waals surface area contributed by atoms with Gasteiger partial charge >= 0.3 is 5.97 Å². The molecular weight excluding hydrogens is 400 g/mol. The summed E-state index contributed by atoms with van der Waals surface area (Å²) in [5, 5.41) is 20.8. The van der Waals surface area contributed by atoms with Gasteiger partial charge in [0.25, 0.3) is 5.91 Å². The van der Waals surface area contributed by atoms with Crippen LogP contribution < -0.4 is 5.32 Å². The van der Waals surface area contributed by atoms with Gasteiger partial charge in [-0.1, -0.05) is 48.5 Å². The topological polar surface area (TPSA) is 122 Å². The molecule has 31 heavy (non-hydrogen) atoms. The van der Waals surface area contributed by atoms with Gasteiger partial charge in [-0.2, -0.15) is 0 Å². The molecule has 2 aromatic carbocycles. The summed E-state index contributed by atoms with van der Waals surface area (Å²) < 4.78 is 5.96. The molecule has 0 unspecified atom stereocenters. The number of nitrogens with one attached hydrogen (secondary N) is 1. The summed E-state index contributed by atoms with van der Waals surface area (Å²) in [5.41, 5.74) is 1.43. The van der Waals surface area contributed by atoms with Gasteiger partial charge in [0.05, 0.1) is 12.6 Å². The molecule has 158 valence electrons. The number of carbonyl (C=O) groups is 3. The smallest absolute Gasteiger partial charge is 0.325 e. The lowest BCUT2D eigenvalue weighted by molar-refractivity contribution is -0.141. The number of aromatic nitrogens is 1. The van der Waals surface area contributed by atoms with Crippen molar-refractivity contribution in [3.05, 3.63) is 66.2 Å². The second-order valence-electron chi connectivity index (χ2n) is 6.41. The number of esters is 1. The van der Waals surface area contributed by atoms with Crippen LogP contribution in [-0.2, 0) is 25.7 Å². The summed E-state index contributed by atoms with van der Waals surface area (Å²) in [7, 11) is 1.24. The van der Waals surface area contributed by atoms with Crippen molar-refractivity contribution >= 4 is 40.4 Å². The standard InChI is InChI=1S/C22H20N4O5/c1-31-20(29)14-26-17-10-6-5-9-16(17)21(22(26)30)25-24-19(28)13-23-18(27)12-11-15-7-3-2-4-8-15/h2-12,30H,13-14H2,1H3,(H,23,27)/b12-11+,25-24?. The molecular formula is C22H20N4O5. The number of ether oxygens (including phenoxy) is 1. The molecule has 9 nitrogen and oxygen atoms in total. The monoisotopic (exact) mass is 420 g/mol. The number of rotatable bonds is 7. The van der Waals surface area contributed by atoms with Crippen LogP contribution in [0.25, 0.3) is 17.0 Å². The van der Waals surface area contributed by atoms with Crippen molar-refractivity contribution in [2.45, 2.75) is 6.54 Å². The van der Waals surface area contributed by atoms with Crippen molar-refractivity contribution in [1.29, 1.82) is 0 Å². The zero-order chi connectivity index (χ0) is 22.2. The zero-order valence-electron chi connectivity index (χ0n) is 16.7. The molecule has 0 aliphatic carbocycles. The Morgan fingerprint density at radius 1 is 1.10 bits per heavy atom. The van der Waals surface area contributed by atoms with Gasteiger partial charge in [-0.05, 0) is 17.7 Å². The largest absolute Gasteiger partial charge is 0.493 e. The van der Waals surface area contributed by atoms with Crippen LogP contribution in [0.15, 0.2) is 70.9 Å². The van der Waals surface area contributed by atoms with Crippen LogP contribution in [0, 0.1) is 0 Å². The Morgan fingerprint density at radius 3 is 2.55 bits per heavy atom. The average molecular weight is 420 g/mol. The van der Waals surface area contributed by atoms with Gasteiger partial charge in [-0.15, -0.1) is 10.2 Å². The molecule has 0 atom stereocenters. The van der Waals surface area contributed by atoms with Crippen molar-refractivity contribution in [3.8, 4) is 5.88 Å². The van der Waals surface area contributed by atoms with Gasteiger partial charge in [-0.25, -0.2) is 0 Å². The number of fused-ring (bicyclic) bond motifs is 1. The Balaban J connectivity index is 1.68. The molecule has 1 aromatic heterocycles. The number of aromatic hydroxyl groups is 1. The molecule has 0 bridgehead atoms. The lowest BCUT2D eigenvalue weighted by Gasteiger charge is -2.04. The predicted octanol–water partition coefficient (Wildman–Crippen LogP) is 2.96. The summed E-state index contributed by atoms with van der Waals surface area (Å²) in [6, 6.07) is 16.1. The van der Waals surface area contributed by atoms with E-state index < -0.39 is 17.8 Å². The molecule has 0 aliphatic rings. The molecule has 3 rings (SSSR count). The van der Waals surface area contributed by atoms with Gasteiger partial charge in [0.15, 0.2) is 5.69 Å². The first-order chi connectivity index (χ1) is 15.0. The average Bonchev–Trinajstić information content (AvgIpc) is 3.06. The number of carbonyl (C=O) groups excluding carboxylic acids is 3. The molecule has 1 heterocycles. The molecule has 3 aromatic rings. The first-order valence-corrected chi connectivity index (χ1v) is 9.32. The minimum Gasteiger partial charge on any atom is -0.493 e. The highest BCUT2D eigenvalue weighted by Gasteiger charge is 2.18. The Bertz CT molecular complexity index is 1170. The van der Waals surface area contributed by atoms with Crippen molar-refractivity contribution in [3.63, 3.8) is 0 Å². The minimum absolute atomic E-state index is 0.0446. The van der Waals surface area contributed by atoms with Crippen molar-refractivity contribution in [1.82, 2.24) is 9.88 Å². The highest BCUT2D eigenvalue weighted by molar-refractivity contribution is 5.97. The van der Waals surface area contributed by atoms with Crippen LogP contribution in [-0.4, -0.2) is 41.1 Å². The third-order valence-electron chi connectivity index (χ3n) is 4.33. The van der Waals surface area contributed by atoms with Crippen LogP contribution in [0.1, 0.15) is 5.56 Å². The number of methoxy groups -OCH3 is 1. The van der Waals surface area contributed by atoms with E-state index in [1.165, 1.54) is 17.8 Å². The second kappa shape index (κ2) is 9.97. The van der Waals surface area contributed by atoms with Gasteiger partial charge in [0.1, 0.15) is 13.1 Å². The van der Waals surface area contributed by atoms with E-state index >= 15 is 0 Å². The van der Waals surface area contributed by atoms with Gasteiger partial charge in [0, 0.05) is 11.5 Å². The van der Waals surface area contributed by atoms with Crippen molar-refractivity contribution < 1.29 is 24.2 Å². The highest BCUT2D eigenvalue weighted by Crippen LogP contribution is 2.38. The summed E-state index contributed by atoms with van der Waals surface area (Å²) in [6.45, 7) is -0.584. The fraction of sp³-hybridized carbons (Fsp3) is 0.136. The number of azo groups is 1. The van der Waals surface area contributed by atoms with Crippen LogP contribution in [0.4, 0.5) is 5.69 Å². The summed E-state index contributed by atoms with van der Waals surface area (Å²) in [6.07, 6.45) is 2.93. The first-order valence-electron chi connectivity index (χ1n) is 9.32. The van der Waals surface area contributed by atoms with E-state index in [1.807, 2.05) is 30.3 Å². The van der Waals surface area contributed by atoms with Gasteiger partial charge in [-0.3, -0.25) is 19.0 Å². The molecule has 0 saturated heterocycles. The predicted molar refractivity (Wildman–Crippen MR) is 114 cm³/mol. The van der Waals surface area contributed by atoms with Gasteiger partial charge in [0.2, 0.25) is 11.8 Å². The van der Waals surface area contributed by atoms with E-state index in [-0.39, 0.29) is 24.7 Å². The lowest BCUT2D eigenvalue weighted by Crippen LogP contribution is -2.26. The fourth-order valence-corrected chi connectivity index (χ4v) is 2.82. The maximum Gasteiger partial charge on any atom is 0.325 e. The Hall–Kier alpha value is -4.27. The first kappa shape index (κ1) is 21.4. The fourth-order valence-electron chi connectivity index (χ4n) is 2.82. The number of hydrogen-bond acceptors (Lipinski definition) is 6. The number of amides is 2. The van der Waals surface area contributed by atoms with E-state index in [0.29, 0.717) is 10.9 Å². The molecule has 0 radical (unpaired) electrons. The molecule has 0 aliphatic heterocycles. The second-order valence-corrected chi connectivity index (χ2v) is 6.41. The van der Waals surface area contributed by atoms with Crippen molar-refractivity contribution in [2.24, 2.45) is 10.2 Å². The van der Waals surface area contributed by atoms with Crippen LogP contribution >= 0.6 is 0 Å². The molecule has 0 spiro atoms. The molecule has 2 amide bonds. The molecule has 0 fully saturated rings. The Kier molecular flexibility index (Phi) is 6.89. The summed E-state index contributed by atoms with van der Waals surface area (Å²) >= 11 is 0. The van der Waals surface area contributed by atoms with E-state index in [9.17, 15) is 19.5 Å². The van der Waals surface area contributed by atoms with Crippen LogP contribution in [0.2, 0.25) is 0 Å². The summed E-state index contributed by atoms with van der Waals surface area (Å²) in [4.78, 5) is 35.5.